The predicted molar refractivity (Wildman–Crippen MR) is 0 cm³/mol. The summed E-state index contributed by atoms with van der Waals surface area (Å²) in [5.74, 6) is 0. The molecule has 5 heavy (non-hydrogen) atoms. The van der Waals surface area contributed by atoms with Gasteiger partial charge in [0.2, 0.25) is 0 Å². The topological polar surface area (TPSA) is 0 Å². The molecule has 0 nitrogen and oxygen atoms in total. The SMILES string of the molecule is [Co].[Fe].[Fe].[Ni].[Ni]. The molecule has 0 saturated carbocycles. The minimum absolute atomic E-state index is 0. The van der Waals surface area contributed by atoms with Gasteiger partial charge in [0.05, 0.1) is 0 Å². The van der Waals surface area contributed by atoms with Crippen molar-refractivity contribution in [1.82, 2.24) is 0 Å². The molecule has 5 heteroatoms. The summed E-state index contributed by atoms with van der Waals surface area (Å²) in [5.41, 5.74) is 0. The smallest absolute Gasteiger partial charge is 0 e. The summed E-state index contributed by atoms with van der Waals surface area (Å²) in [6.07, 6.45) is 0. The van der Waals surface area contributed by atoms with Crippen molar-refractivity contribution in [3.05, 3.63) is 0 Å². The van der Waals surface area contributed by atoms with Gasteiger partial charge in [0.1, 0.15) is 0 Å². The molecular formula is CoFe2Ni2. The van der Waals surface area contributed by atoms with Crippen LogP contribution in [-0.2, 0) is 83.9 Å². The van der Waals surface area contributed by atoms with E-state index in [2.05, 4.69) is 0 Å². The molecule has 0 aliphatic rings. The van der Waals surface area contributed by atoms with Gasteiger partial charge in [0.25, 0.3) is 0 Å². The van der Waals surface area contributed by atoms with Gasteiger partial charge in [-0.1, -0.05) is 0 Å². The third kappa shape index (κ3) is 20.9. The Bertz CT molecular complexity index is 7.61. The van der Waals surface area contributed by atoms with Crippen molar-refractivity contribution in [1.29, 1.82) is 0 Å². The molecule has 0 N–H and O–H groups in total. The van der Waals surface area contributed by atoms with Crippen molar-refractivity contribution in [2.75, 3.05) is 0 Å². The van der Waals surface area contributed by atoms with E-state index in [0.717, 1.165) is 0 Å². The van der Waals surface area contributed by atoms with E-state index in [9.17, 15) is 0 Å². The first kappa shape index (κ1) is 50.1. The summed E-state index contributed by atoms with van der Waals surface area (Å²) >= 11 is 0. The fourth-order valence-corrected chi connectivity index (χ4v) is 0. The van der Waals surface area contributed by atoms with Crippen LogP contribution in [0.5, 0.6) is 0 Å². The van der Waals surface area contributed by atoms with E-state index in [1.807, 2.05) is 0 Å². The normalized spacial score (nSPS) is 0. The van der Waals surface area contributed by atoms with Crippen LogP contribution < -0.4 is 0 Å². The number of hydrogen-bond acceptors (Lipinski definition) is 0. The van der Waals surface area contributed by atoms with E-state index in [0.29, 0.717) is 0 Å². The summed E-state index contributed by atoms with van der Waals surface area (Å²) in [6, 6.07) is 0. The molecule has 0 bridgehead atoms. The molecule has 0 aliphatic heterocycles. The fourth-order valence-electron chi connectivity index (χ4n) is 0. The molecule has 0 aromatic carbocycles. The van der Waals surface area contributed by atoms with Crippen LogP contribution >= 0.6 is 0 Å². The molecule has 0 aliphatic carbocycles. The molecular weight excluding hydrogens is 288 g/mol. The first-order chi connectivity index (χ1) is 0. The zero-order valence-corrected chi connectivity index (χ0v) is 6.90. The minimum Gasteiger partial charge on any atom is 0 e. The van der Waals surface area contributed by atoms with E-state index < -0.39 is 0 Å². The Balaban J connectivity index is 0. The fraction of sp³-hybridized carbons (Fsp3) is 0. The second kappa shape index (κ2) is 31.2. The maximum Gasteiger partial charge on any atom is 0 e. The van der Waals surface area contributed by atoms with Crippen molar-refractivity contribution in [3.63, 3.8) is 0 Å². The first-order valence-corrected chi connectivity index (χ1v) is 0. The molecule has 0 aromatic rings. The molecule has 0 atom stereocenters. The summed E-state index contributed by atoms with van der Waals surface area (Å²) in [5, 5.41) is 0. The molecule has 0 spiro atoms. The van der Waals surface area contributed by atoms with Crippen LogP contribution in [0.25, 0.3) is 0 Å². The first-order valence-electron chi connectivity index (χ1n) is 0. The van der Waals surface area contributed by atoms with Gasteiger partial charge < -0.3 is 0 Å². The van der Waals surface area contributed by atoms with E-state index in [1.165, 1.54) is 0 Å². The van der Waals surface area contributed by atoms with Crippen LogP contribution in [0.3, 0.4) is 0 Å². The van der Waals surface area contributed by atoms with Gasteiger partial charge in [-0.15, -0.1) is 0 Å². The third-order valence-corrected chi connectivity index (χ3v) is 0. The van der Waals surface area contributed by atoms with E-state index in [4.69, 9.17) is 0 Å². The Labute approximate surface area is 83.0 Å². The van der Waals surface area contributed by atoms with Gasteiger partial charge in [-0.05, 0) is 0 Å². The van der Waals surface area contributed by atoms with Crippen molar-refractivity contribution in [2.24, 2.45) is 0 Å². The van der Waals surface area contributed by atoms with Crippen LogP contribution in [0.2, 0.25) is 0 Å². The molecule has 0 saturated heterocycles. The van der Waals surface area contributed by atoms with Gasteiger partial charge >= 0.3 is 0 Å². The van der Waals surface area contributed by atoms with Crippen LogP contribution in [-0.4, -0.2) is 0 Å². The zero-order valence-electron chi connectivity index (χ0n) is 1.67. The molecule has 0 unspecified atom stereocenters. The Hall–Kier alpha value is 2.53. The molecule has 0 amide bonds. The van der Waals surface area contributed by atoms with Crippen molar-refractivity contribution in [3.8, 4) is 0 Å². The average molecular weight is 288 g/mol. The second-order valence-electron chi connectivity index (χ2n) is 0. The summed E-state index contributed by atoms with van der Waals surface area (Å²) < 4.78 is 0. The molecule has 0 heterocycles. The summed E-state index contributed by atoms with van der Waals surface area (Å²) in [6.45, 7) is 0. The Morgan fingerprint density at radius 2 is 0.600 bits per heavy atom. The van der Waals surface area contributed by atoms with Crippen molar-refractivity contribution >= 4 is 0 Å². The van der Waals surface area contributed by atoms with Crippen molar-refractivity contribution in [2.45, 2.75) is 0 Å². The second-order valence-corrected chi connectivity index (χ2v) is 0. The Morgan fingerprint density at radius 3 is 0.600 bits per heavy atom. The quantitative estimate of drug-likeness (QED) is 0.550. The summed E-state index contributed by atoms with van der Waals surface area (Å²) in [4.78, 5) is 0. The van der Waals surface area contributed by atoms with Crippen molar-refractivity contribution < 1.29 is 83.9 Å². The van der Waals surface area contributed by atoms with E-state index in [-0.39, 0.29) is 83.9 Å². The minimum atomic E-state index is 0. The Morgan fingerprint density at radius 1 is 0.600 bits per heavy atom. The monoisotopic (exact) mass is 287 g/mol. The third-order valence-electron chi connectivity index (χ3n) is 0. The predicted octanol–water partition coefficient (Wildman–Crippen LogP) is -0.0125. The van der Waals surface area contributed by atoms with E-state index in [1.54, 1.807) is 0 Å². The molecule has 1 radical (unpaired) electrons. The van der Waals surface area contributed by atoms with Crippen LogP contribution in [0.15, 0.2) is 0 Å². The van der Waals surface area contributed by atoms with Gasteiger partial charge in [0.15, 0.2) is 0 Å². The van der Waals surface area contributed by atoms with Gasteiger partial charge in [-0.3, -0.25) is 0 Å². The Kier molecular flexibility index (Phi) is 313. The molecule has 45 valence electrons. The maximum atomic E-state index is 0. The standard InChI is InChI=1S/Co.2Fe.2Ni. The van der Waals surface area contributed by atoms with E-state index >= 15 is 0 Å². The molecule has 0 rings (SSSR count). The van der Waals surface area contributed by atoms with Crippen LogP contribution in [0.4, 0.5) is 0 Å². The molecule has 0 fully saturated rings. The molecule has 0 aromatic heterocycles. The maximum absolute atomic E-state index is 0. The van der Waals surface area contributed by atoms with Crippen LogP contribution in [0.1, 0.15) is 0 Å². The number of hydrogen-bond donors (Lipinski definition) is 0. The van der Waals surface area contributed by atoms with Gasteiger partial charge in [0, 0.05) is 83.9 Å². The summed E-state index contributed by atoms with van der Waals surface area (Å²) in [7, 11) is 0. The average Bonchev–Trinajstić information content (AvgIpc) is 0. The number of rotatable bonds is 0. The van der Waals surface area contributed by atoms with Gasteiger partial charge in [-0.25, -0.2) is 0 Å². The van der Waals surface area contributed by atoms with Gasteiger partial charge in [-0.2, -0.15) is 0 Å². The van der Waals surface area contributed by atoms with Crippen LogP contribution in [0, 0.1) is 0 Å². The largest absolute Gasteiger partial charge is 0 e. The zero-order chi connectivity index (χ0) is 0.